The maximum atomic E-state index is 12.1. The summed E-state index contributed by atoms with van der Waals surface area (Å²) in [5, 5.41) is 3.05. The van der Waals surface area contributed by atoms with Gasteiger partial charge in [-0.3, -0.25) is 0 Å². The molecule has 0 atom stereocenters. The van der Waals surface area contributed by atoms with Crippen molar-refractivity contribution in [3.8, 4) is 0 Å². The highest BCUT2D eigenvalue weighted by Gasteiger charge is 2.68. The molecule has 0 aliphatic carbocycles. The molecular weight excluding hydrogens is 229 g/mol. The lowest BCUT2D eigenvalue weighted by Gasteiger charge is -2.37. The maximum absolute atomic E-state index is 12.1. The second kappa shape index (κ2) is 2.27. The summed E-state index contributed by atoms with van der Waals surface area (Å²) in [4.78, 5) is 0. The molecular formula is C5H6F5N3S. The Balaban J connectivity index is 3.17. The van der Waals surface area contributed by atoms with E-state index in [2.05, 4.69) is 16.9 Å². The van der Waals surface area contributed by atoms with Gasteiger partial charge in [0.05, 0.1) is 12.7 Å². The van der Waals surface area contributed by atoms with Crippen LogP contribution in [-0.4, -0.2) is 15.0 Å². The van der Waals surface area contributed by atoms with Gasteiger partial charge in [-0.05, 0) is 0 Å². The van der Waals surface area contributed by atoms with Crippen molar-refractivity contribution in [1.82, 2.24) is 15.0 Å². The molecule has 0 aliphatic rings. The number of hydrogen-bond acceptors (Lipinski definition) is 2. The van der Waals surface area contributed by atoms with Crippen molar-refractivity contribution in [2.24, 2.45) is 0 Å². The summed E-state index contributed by atoms with van der Waals surface area (Å²) in [7, 11) is -9.67. The molecule has 0 aromatic carbocycles. The number of halogens is 5. The fraction of sp³-hybridized carbons (Fsp3) is 0.200. The van der Waals surface area contributed by atoms with E-state index in [0.29, 0.717) is 4.68 Å². The molecule has 0 bridgehead atoms. The van der Waals surface area contributed by atoms with Crippen LogP contribution < -0.4 is 0 Å². The predicted molar refractivity (Wildman–Crippen MR) is 41.6 cm³/mol. The first-order chi connectivity index (χ1) is 6.03. The molecule has 0 fully saturated rings. The quantitative estimate of drug-likeness (QED) is 0.595. The Bertz CT molecular complexity index is 365. The van der Waals surface area contributed by atoms with Gasteiger partial charge in [0.1, 0.15) is 0 Å². The average molecular weight is 235 g/mol. The topological polar surface area (TPSA) is 30.7 Å². The molecule has 1 rings (SSSR count). The van der Waals surface area contributed by atoms with Crippen molar-refractivity contribution < 1.29 is 19.4 Å². The molecule has 3 nitrogen and oxygen atoms in total. The van der Waals surface area contributed by atoms with Crippen molar-refractivity contribution in [1.29, 1.82) is 0 Å². The lowest BCUT2D eigenvalue weighted by molar-refractivity contribution is 0.358. The first kappa shape index (κ1) is 11.0. The van der Waals surface area contributed by atoms with E-state index in [1.54, 1.807) is 0 Å². The molecule has 0 radical (unpaired) electrons. The van der Waals surface area contributed by atoms with Gasteiger partial charge in [0.25, 0.3) is 0 Å². The first-order valence-electron chi connectivity index (χ1n) is 3.28. The fourth-order valence-electron chi connectivity index (χ4n) is 0.679. The van der Waals surface area contributed by atoms with E-state index in [-0.39, 0.29) is 12.7 Å². The first-order valence-corrected chi connectivity index (χ1v) is 5.23. The Labute approximate surface area is 75.9 Å². The molecule has 1 aromatic heterocycles. The highest BCUT2D eigenvalue weighted by molar-refractivity contribution is 8.45. The normalized spacial score (nSPS) is 17.2. The third-order valence-corrected chi connectivity index (χ3v) is 2.21. The second-order valence-electron chi connectivity index (χ2n) is 2.54. The summed E-state index contributed by atoms with van der Waals surface area (Å²) in [6.45, 7) is 3.10. The van der Waals surface area contributed by atoms with Crippen molar-refractivity contribution in [2.45, 2.75) is 11.6 Å². The molecule has 0 aliphatic heterocycles. The predicted octanol–water partition coefficient (Wildman–Crippen LogP) is 3.12. The van der Waals surface area contributed by atoms with Crippen molar-refractivity contribution in [3.63, 3.8) is 0 Å². The second-order valence-corrected chi connectivity index (χ2v) is 4.89. The minimum absolute atomic E-state index is 0.110. The van der Waals surface area contributed by atoms with E-state index in [1.165, 1.54) is 6.08 Å². The Morgan fingerprint density at radius 1 is 1.36 bits per heavy atom. The Morgan fingerprint density at radius 3 is 2.29 bits per heavy atom. The van der Waals surface area contributed by atoms with Gasteiger partial charge < -0.3 is 0 Å². The van der Waals surface area contributed by atoms with Gasteiger partial charge in [0, 0.05) is 0 Å². The Hall–Kier alpha value is -1.12. The van der Waals surface area contributed by atoms with Crippen LogP contribution in [0.15, 0.2) is 23.9 Å². The third kappa shape index (κ3) is 2.44. The standard InChI is InChI=1S/C5H6F5N3S/c1-2-3-13-4-5(11-12-13)14(6,7,8,9)10/h2,4H,1,3H2. The highest BCUT2D eigenvalue weighted by atomic mass is 32.5. The fourth-order valence-corrected chi connectivity index (χ4v) is 1.19. The van der Waals surface area contributed by atoms with Crippen LogP contribution in [0.25, 0.3) is 0 Å². The van der Waals surface area contributed by atoms with Gasteiger partial charge in [0.2, 0.25) is 5.03 Å². The zero-order valence-corrected chi connectivity index (χ0v) is 7.53. The lowest BCUT2D eigenvalue weighted by Crippen LogP contribution is -2.06. The van der Waals surface area contributed by atoms with E-state index in [0.717, 1.165) is 0 Å². The summed E-state index contributed by atoms with van der Waals surface area (Å²) in [5.74, 6) is 0. The van der Waals surface area contributed by atoms with Crippen LogP contribution >= 0.6 is 10.2 Å². The molecule has 14 heavy (non-hydrogen) atoms. The summed E-state index contributed by atoms with van der Waals surface area (Å²) in [6, 6.07) is 0. The van der Waals surface area contributed by atoms with Gasteiger partial charge in [-0.2, -0.15) is 0 Å². The van der Waals surface area contributed by atoms with Crippen LogP contribution in [0.1, 0.15) is 0 Å². The Morgan fingerprint density at radius 2 is 1.93 bits per heavy atom. The van der Waals surface area contributed by atoms with Gasteiger partial charge in [0.15, 0.2) is 0 Å². The molecule has 1 aromatic rings. The minimum atomic E-state index is -9.67. The van der Waals surface area contributed by atoms with Crippen LogP contribution in [0, 0.1) is 0 Å². The smallest absolute Gasteiger partial charge is 0.247 e. The van der Waals surface area contributed by atoms with E-state index < -0.39 is 15.3 Å². The molecule has 0 spiro atoms. The zero-order valence-electron chi connectivity index (χ0n) is 6.71. The lowest BCUT2D eigenvalue weighted by atomic mass is 10.6. The van der Waals surface area contributed by atoms with Gasteiger partial charge in [-0.15, -0.1) is 11.7 Å². The van der Waals surface area contributed by atoms with E-state index in [1.807, 2.05) is 0 Å². The van der Waals surface area contributed by atoms with Crippen molar-refractivity contribution in [3.05, 3.63) is 18.9 Å². The monoisotopic (exact) mass is 235 g/mol. The number of allylic oxidation sites excluding steroid dienone is 1. The van der Waals surface area contributed by atoms with Crippen LogP contribution in [0.3, 0.4) is 0 Å². The van der Waals surface area contributed by atoms with Crippen LogP contribution in [0.2, 0.25) is 0 Å². The maximum Gasteiger partial charge on any atom is 0.329 e. The molecule has 0 saturated carbocycles. The molecule has 1 heterocycles. The van der Waals surface area contributed by atoms with Gasteiger partial charge >= 0.3 is 10.2 Å². The van der Waals surface area contributed by atoms with E-state index in [4.69, 9.17) is 0 Å². The third-order valence-electron chi connectivity index (χ3n) is 1.23. The summed E-state index contributed by atoms with van der Waals surface area (Å²) < 4.78 is 60.9. The number of nitrogens with zero attached hydrogens (tertiary/aromatic N) is 3. The number of hydrogen-bond donors (Lipinski definition) is 0. The van der Waals surface area contributed by atoms with Crippen LogP contribution in [0.5, 0.6) is 0 Å². The van der Waals surface area contributed by atoms with Crippen molar-refractivity contribution >= 4 is 10.2 Å². The largest absolute Gasteiger partial charge is 0.329 e. The van der Waals surface area contributed by atoms with Crippen molar-refractivity contribution in [2.75, 3.05) is 0 Å². The molecule has 0 amide bonds. The van der Waals surface area contributed by atoms with Gasteiger partial charge in [-0.1, -0.05) is 30.7 Å². The summed E-state index contributed by atoms with van der Waals surface area (Å²) in [5.41, 5.74) is 0. The zero-order chi connectivity index (χ0) is 11.1. The minimum Gasteiger partial charge on any atom is -0.247 e. The molecule has 9 heteroatoms. The van der Waals surface area contributed by atoms with Crippen LogP contribution in [0.4, 0.5) is 19.4 Å². The summed E-state index contributed by atoms with van der Waals surface area (Å²) in [6.07, 6.45) is 1.37. The molecule has 82 valence electrons. The highest BCUT2D eigenvalue weighted by Crippen LogP contribution is 3.01. The SMILES string of the molecule is C=CCn1cc(S(F)(F)(F)(F)F)nn1. The van der Waals surface area contributed by atoms with E-state index in [9.17, 15) is 19.4 Å². The molecule has 0 unspecified atom stereocenters. The molecule has 0 saturated heterocycles. The number of rotatable bonds is 3. The van der Waals surface area contributed by atoms with Crippen LogP contribution in [-0.2, 0) is 6.54 Å². The summed E-state index contributed by atoms with van der Waals surface area (Å²) >= 11 is 0. The molecule has 0 N–H and O–H groups in total. The average Bonchev–Trinajstić information content (AvgIpc) is 2.32. The van der Waals surface area contributed by atoms with Gasteiger partial charge in [-0.25, -0.2) is 4.68 Å². The number of aromatic nitrogens is 3. The Kier molecular flexibility index (Phi) is 1.78. The van der Waals surface area contributed by atoms with E-state index >= 15 is 0 Å².